The number of hydrogen-bond acceptors (Lipinski definition) is 0. The van der Waals surface area contributed by atoms with Crippen LogP contribution in [0.1, 0.15) is 0 Å². The van der Waals surface area contributed by atoms with Crippen molar-refractivity contribution in [2.24, 2.45) is 0 Å². The Hall–Kier alpha value is -1.54. The molecule has 0 aromatic heterocycles. The summed E-state index contributed by atoms with van der Waals surface area (Å²) in [5.74, 6) is -28.1. The van der Waals surface area contributed by atoms with Gasteiger partial charge in [-0.3, -0.25) is 0 Å². The summed E-state index contributed by atoms with van der Waals surface area (Å²) < 4.78 is 125. The maximum atomic E-state index is 12.2. The number of hydrogen-bond donors (Lipinski definition) is 0. The van der Waals surface area contributed by atoms with Crippen molar-refractivity contribution in [3.63, 3.8) is 0 Å². The fourth-order valence-corrected chi connectivity index (χ4v) is 1.15. The van der Waals surface area contributed by atoms with E-state index in [9.17, 15) is 39.5 Å². The molecular formula is C13H5F9FeO2+4. The normalized spacial score (nSPS) is 20.3. The van der Waals surface area contributed by atoms with E-state index in [1.54, 1.807) is 0 Å². The summed E-state index contributed by atoms with van der Waals surface area (Å²) in [4.78, 5) is 0. The zero-order valence-electron chi connectivity index (χ0n) is 11.5. The molecule has 0 aliphatic heterocycles. The molecule has 0 atom stereocenters. The Morgan fingerprint density at radius 2 is 1.16 bits per heavy atom. The molecule has 1 aliphatic rings. The van der Waals surface area contributed by atoms with Crippen LogP contribution in [0.25, 0.3) is 0 Å². The second-order valence-electron chi connectivity index (χ2n) is 3.70. The predicted molar refractivity (Wildman–Crippen MR) is 57.5 cm³/mol. The van der Waals surface area contributed by atoms with Gasteiger partial charge < -0.3 is 6.08 Å². The van der Waals surface area contributed by atoms with Crippen molar-refractivity contribution in [2.45, 2.75) is 23.7 Å². The van der Waals surface area contributed by atoms with Gasteiger partial charge in [-0.25, -0.2) is 25.3 Å². The molecule has 0 unspecified atom stereocenters. The molecule has 0 amide bonds. The molecule has 0 fully saturated rings. The molecule has 0 bridgehead atoms. The van der Waals surface area contributed by atoms with Crippen LogP contribution in [-0.2, 0) is 26.4 Å². The smallest absolute Gasteiger partial charge is 0.214 e. The van der Waals surface area contributed by atoms with E-state index in [1.807, 2.05) is 30.3 Å². The molecule has 1 aliphatic carbocycles. The average molecular weight is 420 g/mol. The standard InChI is InChI=1S/C6F9.C5H5.2CO.Fe/c7-2-1-3(8,9)5(12,13)6(14,15)4(2,10)11;1-2-4-5-3-1;2*1-2;/h;1-5H;;;/q2*-1;;;+6. The van der Waals surface area contributed by atoms with Crippen LogP contribution in [0.3, 0.4) is 0 Å². The topological polar surface area (TPSA) is 39.8 Å². The first-order valence-electron chi connectivity index (χ1n) is 5.28. The zero-order chi connectivity index (χ0) is 19.8. The van der Waals surface area contributed by atoms with E-state index in [0.29, 0.717) is 0 Å². The molecule has 0 saturated carbocycles. The third kappa shape index (κ3) is 5.47. The first-order chi connectivity index (χ1) is 10.9. The van der Waals surface area contributed by atoms with Crippen LogP contribution < -0.4 is 0 Å². The van der Waals surface area contributed by atoms with E-state index in [-0.39, 0.29) is 23.1 Å². The Labute approximate surface area is 146 Å². The third-order valence-electron chi connectivity index (χ3n) is 2.28. The molecule has 0 spiro atoms. The average Bonchev–Trinajstić information content (AvgIpc) is 3.09. The molecule has 12 heteroatoms. The number of halogens is 9. The fourth-order valence-electron chi connectivity index (χ4n) is 1.15. The number of allylic oxidation sites excluding steroid dienone is 2. The van der Waals surface area contributed by atoms with Crippen LogP contribution in [0.5, 0.6) is 0 Å². The van der Waals surface area contributed by atoms with E-state index in [4.69, 9.17) is 9.30 Å². The van der Waals surface area contributed by atoms with Crippen LogP contribution in [-0.4, -0.2) is 23.7 Å². The summed E-state index contributed by atoms with van der Waals surface area (Å²) in [7, 11) is 0. The summed E-state index contributed by atoms with van der Waals surface area (Å²) in [5.41, 5.74) is 0. The van der Waals surface area contributed by atoms with Crippen LogP contribution in [0, 0.1) is 19.4 Å². The number of rotatable bonds is 0. The Balaban J connectivity index is -0.000000404. The van der Waals surface area contributed by atoms with Gasteiger partial charge in [0.15, 0.2) is 5.92 Å². The monoisotopic (exact) mass is 420 g/mol. The minimum Gasteiger partial charge on any atom is -0.214 e. The molecule has 25 heavy (non-hydrogen) atoms. The number of alkyl halides is 8. The first-order valence-corrected chi connectivity index (χ1v) is 5.28. The van der Waals surface area contributed by atoms with Gasteiger partial charge in [-0.15, -0.1) is 0 Å². The van der Waals surface area contributed by atoms with E-state index in [1.165, 1.54) is 0 Å². The molecule has 2 nitrogen and oxygen atoms in total. The van der Waals surface area contributed by atoms with Crippen molar-refractivity contribution in [3.05, 3.63) is 55.5 Å². The molecule has 136 valence electrons. The van der Waals surface area contributed by atoms with Gasteiger partial charge in [0.25, 0.3) is 0 Å². The molecule has 2 rings (SSSR count). The SMILES string of the molecule is FC1=[C-]C(F)(F)C(F)(F)C(F)(F)C1(F)F.[C-]#[O+].[C-]#[O+].[Fe+6].c1cc[cH-]c1. The molecule has 0 heterocycles. The minimum absolute atomic E-state index is 0. The largest absolute Gasteiger partial charge is 6.00 e. The van der Waals surface area contributed by atoms with E-state index < -0.39 is 29.5 Å². The summed E-state index contributed by atoms with van der Waals surface area (Å²) in [5, 5.41) is 0. The van der Waals surface area contributed by atoms with Gasteiger partial charge in [0, 0.05) is 0 Å². The van der Waals surface area contributed by atoms with Crippen molar-refractivity contribution in [1.82, 2.24) is 0 Å². The van der Waals surface area contributed by atoms with Gasteiger partial charge in [0.1, 0.15) is 0 Å². The van der Waals surface area contributed by atoms with Crippen molar-refractivity contribution >= 4 is 0 Å². The van der Waals surface area contributed by atoms with E-state index in [2.05, 4.69) is 13.3 Å². The van der Waals surface area contributed by atoms with Crippen molar-refractivity contribution in [1.29, 1.82) is 0 Å². The quantitative estimate of drug-likeness (QED) is 0.256. The van der Waals surface area contributed by atoms with Crippen molar-refractivity contribution in [2.75, 3.05) is 0 Å². The van der Waals surface area contributed by atoms with E-state index >= 15 is 0 Å². The first kappa shape index (κ1) is 28.3. The van der Waals surface area contributed by atoms with Crippen molar-refractivity contribution < 1.29 is 65.9 Å². The van der Waals surface area contributed by atoms with Crippen LogP contribution >= 0.6 is 0 Å². The summed E-state index contributed by atoms with van der Waals surface area (Å²) in [6.45, 7) is 9.00. The molecule has 0 radical (unpaired) electrons. The van der Waals surface area contributed by atoms with Crippen LogP contribution in [0.4, 0.5) is 39.5 Å². The Kier molecular flexibility index (Phi) is 11.8. The molecular weight excluding hydrogens is 415 g/mol. The molecule has 1 aromatic rings. The van der Waals surface area contributed by atoms with Crippen LogP contribution in [0.2, 0.25) is 0 Å². The molecule has 0 saturated heterocycles. The van der Waals surface area contributed by atoms with Gasteiger partial charge in [0.2, 0.25) is 0 Å². The van der Waals surface area contributed by atoms with Gasteiger partial charge in [-0.2, -0.15) is 44.5 Å². The van der Waals surface area contributed by atoms with Gasteiger partial charge >= 0.3 is 57.4 Å². The molecule has 0 N–H and O–H groups in total. The minimum atomic E-state index is -6.52. The molecule has 1 aromatic carbocycles. The zero-order valence-corrected chi connectivity index (χ0v) is 12.6. The maximum Gasteiger partial charge on any atom is 6.00 e. The van der Waals surface area contributed by atoms with E-state index in [0.717, 1.165) is 0 Å². The van der Waals surface area contributed by atoms with Gasteiger partial charge in [-0.1, -0.05) is 0 Å². The summed E-state index contributed by atoms with van der Waals surface area (Å²) in [6, 6.07) is 10.0. The Morgan fingerprint density at radius 3 is 1.44 bits per heavy atom. The third-order valence-corrected chi connectivity index (χ3v) is 2.28. The predicted octanol–water partition coefficient (Wildman–Crippen LogP) is 4.53. The van der Waals surface area contributed by atoms with Crippen LogP contribution in [0.15, 0.2) is 36.2 Å². The second kappa shape index (κ2) is 10.5. The second-order valence-corrected chi connectivity index (χ2v) is 3.70. The summed E-state index contributed by atoms with van der Waals surface area (Å²) in [6.07, 6.45) is -0.272. The Bertz CT molecular complexity index is 539. The summed E-state index contributed by atoms with van der Waals surface area (Å²) >= 11 is 0. The van der Waals surface area contributed by atoms with Gasteiger partial charge in [-0.05, 0) is 5.83 Å². The maximum absolute atomic E-state index is 12.2. The fraction of sp³-hybridized carbons (Fsp3) is 0.308. The Morgan fingerprint density at radius 1 is 0.800 bits per heavy atom. The van der Waals surface area contributed by atoms with Crippen molar-refractivity contribution in [3.8, 4) is 0 Å². The van der Waals surface area contributed by atoms with Gasteiger partial charge in [0.05, 0.1) is 0 Å².